The van der Waals surface area contributed by atoms with E-state index in [4.69, 9.17) is 11.6 Å². The van der Waals surface area contributed by atoms with Crippen LogP contribution in [0.15, 0.2) is 42.1 Å². The van der Waals surface area contributed by atoms with E-state index >= 15 is 0 Å². The Morgan fingerprint density at radius 1 is 1.34 bits per heavy atom. The summed E-state index contributed by atoms with van der Waals surface area (Å²) in [6, 6.07) is 9.78. The van der Waals surface area contributed by atoms with Crippen molar-refractivity contribution < 1.29 is 4.79 Å². The lowest BCUT2D eigenvalue weighted by molar-refractivity contribution is -0.131. The van der Waals surface area contributed by atoms with Crippen molar-refractivity contribution in [2.75, 3.05) is 12.8 Å². The van der Waals surface area contributed by atoms with Gasteiger partial charge in [-0.15, -0.1) is 16.8 Å². The third-order valence-electron chi connectivity index (χ3n) is 5.36. The monoisotopic (exact) mass is 429 g/mol. The van der Waals surface area contributed by atoms with Gasteiger partial charge in [0.1, 0.15) is 5.54 Å². The number of aromatic nitrogens is 3. The summed E-state index contributed by atoms with van der Waals surface area (Å²) in [5.74, 6) is 0.834. The number of carbonyl (C=O) groups excluding carboxylic acids is 1. The molecule has 2 aromatic rings. The van der Waals surface area contributed by atoms with Crippen molar-refractivity contribution in [1.29, 1.82) is 5.26 Å². The van der Waals surface area contributed by atoms with Crippen LogP contribution in [0.3, 0.4) is 0 Å². The number of amides is 1. The molecule has 6 nitrogen and oxygen atoms in total. The lowest BCUT2D eigenvalue weighted by atomic mass is 9.81. The maximum atomic E-state index is 12.8. The Labute approximate surface area is 180 Å². The van der Waals surface area contributed by atoms with Gasteiger partial charge in [0, 0.05) is 24.2 Å². The lowest BCUT2D eigenvalue weighted by Crippen LogP contribution is -2.50. The van der Waals surface area contributed by atoms with Crippen molar-refractivity contribution in [2.45, 2.75) is 49.3 Å². The van der Waals surface area contributed by atoms with Crippen LogP contribution >= 0.6 is 23.4 Å². The number of nitriles is 1. The van der Waals surface area contributed by atoms with Crippen LogP contribution in [-0.2, 0) is 11.3 Å². The minimum atomic E-state index is -0.681. The molecule has 0 radical (unpaired) electrons. The molecule has 29 heavy (non-hydrogen) atoms. The van der Waals surface area contributed by atoms with Crippen LogP contribution < -0.4 is 0 Å². The summed E-state index contributed by atoms with van der Waals surface area (Å²) in [7, 11) is 1.74. The molecule has 0 aliphatic heterocycles. The molecule has 152 valence electrons. The van der Waals surface area contributed by atoms with Gasteiger partial charge in [-0.05, 0) is 37.1 Å². The highest BCUT2D eigenvalue weighted by molar-refractivity contribution is 7.99. The zero-order valence-corrected chi connectivity index (χ0v) is 18.0. The van der Waals surface area contributed by atoms with Gasteiger partial charge in [-0.1, -0.05) is 48.7 Å². The Hall–Kier alpha value is -2.30. The van der Waals surface area contributed by atoms with Crippen LogP contribution in [0.25, 0.3) is 11.4 Å². The third kappa shape index (κ3) is 4.65. The molecule has 0 saturated heterocycles. The SMILES string of the molecule is C=CCn1c(SCC(=O)N(C)C2(C#N)CCCCC2)nnc1-c1ccc(Cl)cc1. The standard InChI is InChI=1S/C21H24ClN5OS/c1-3-13-27-19(16-7-9-17(22)10-8-16)24-25-20(27)29-14-18(28)26(2)21(15-23)11-5-4-6-12-21/h3,7-10H,1,4-6,11-14H2,2H3. The molecule has 1 aliphatic carbocycles. The fraction of sp³-hybridized carbons (Fsp3) is 0.429. The van der Waals surface area contributed by atoms with Gasteiger partial charge in [0.15, 0.2) is 11.0 Å². The minimum Gasteiger partial charge on any atom is -0.326 e. The number of carbonyl (C=O) groups is 1. The minimum absolute atomic E-state index is 0.0698. The molecule has 0 N–H and O–H groups in total. The van der Waals surface area contributed by atoms with Crippen molar-refractivity contribution in [3.63, 3.8) is 0 Å². The maximum absolute atomic E-state index is 12.8. The van der Waals surface area contributed by atoms with Gasteiger partial charge in [0.2, 0.25) is 5.91 Å². The van der Waals surface area contributed by atoms with Crippen LogP contribution in [0.4, 0.5) is 0 Å². The molecule has 1 aromatic heterocycles. The van der Waals surface area contributed by atoms with Gasteiger partial charge in [0.25, 0.3) is 0 Å². The van der Waals surface area contributed by atoms with Gasteiger partial charge in [-0.25, -0.2) is 0 Å². The summed E-state index contributed by atoms with van der Waals surface area (Å²) >= 11 is 7.31. The van der Waals surface area contributed by atoms with E-state index in [0.717, 1.165) is 37.7 Å². The van der Waals surface area contributed by atoms with Crippen LogP contribution in [-0.4, -0.2) is 43.9 Å². The average Bonchev–Trinajstić information content (AvgIpc) is 3.15. The molecule has 1 heterocycles. The van der Waals surface area contributed by atoms with Crippen LogP contribution in [0.1, 0.15) is 32.1 Å². The van der Waals surface area contributed by atoms with E-state index in [1.807, 2.05) is 16.7 Å². The molecule has 0 bridgehead atoms. The van der Waals surface area contributed by atoms with E-state index in [2.05, 4.69) is 22.8 Å². The fourth-order valence-corrected chi connectivity index (χ4v) is 4.61. The number of thioether (sulfide) groups is 1. The summed E-state index contributed by atoms with van der Waals surface area (Å²) in [5, 5.41) is 19.6. The summed E-state index contributed by atoms with van der Waals surface area (Å²) in [6.45, 7) is 4.34. The quantitative estimate of drug-likeness (QED) is 0.476. The van der Waals surface area contributed by atoms with E-state index in [0.29, 0.717) is 22.5 Å². The highest BCUT2D eigenvalue weighted by Crippen LogP contribution is 2.33. The molecule has 8 heteroatoms. The first kappa shape index (κ1) is 21.4. The molecule has 0 atom stereocenters. The Kier molecular flexibility index (Phi) is 6.99. The molecular formula is C21H24ClN5OS. The van der Waals surface area contributed by atoms with Gasteiger partial charge >= 0.3 is 0 Å². The predicted molar refractivity (Wildman–Crippen MR) is 116 cm³/mol. The molecule has 1 aliphatic rings. The molecule has 1 fully saturated rings. The molecular weight excluding hydrogens is 406 g/mol. The molecule has 1 saturated carbocycles. The van der Waals surface area contributed by atoms with Crippen molar-refractivity contribution in [1.82, 2.24) is 19.7 Å². The van der Waals surface area contributed by atoms with Crippen LogP contribution in [0.2, 0.25) is 5.02 Å². The zero-order valence-electron chi connectivity index (χ0n) is 16.5. The van der Waals surface area contributed by atoms with Crippen molar-refractivity contribution in [2.24, 2.45) is 0 Å². The summed E-state index contributed by atoms with van der Waals surface area (Å²) in [4.78, 5) is 14.5. The molecule has 3 rings (SSSR count). The third-order valence-corrected chi connectivity index (χ3v) is 6.56. The first-order chi connectivity index (χ1) is 14.0. The number of hydrogen-bond acceptors (Lipinski definition) is 5. The van der Waals surface area contributed by atoms with Gasteiger partial charge in [-0.3, -0.25) is 9.36 Å². The number of halogens is 1. The first-order valence-corrected chi connectivity index (χ1v) is 11.0. The topological polar surface area (TPSA) is 74.8 Å². The van der Waals surface area contributed by atoms with E-state index < -0.39 is 5.54 Å². The van der Waals surface area contributed by atoms with Crippen molar-refractivity contribution >= 4 is 29.3 Å². The second kappa shape index (κ2) is 9.47. The van der Waals surface area contributed by atoms with Crippen molar-refractivity contribution in [3.8, 4) is 17.5 Å². The molecule has 0 unspecified atom stereocenters. The maximum Gasteiger partial charge on any atom is 0.234 e. The smallest absolute Gasteiger partial charge is 0.234 e. The van der Waals surface area contributed by atoms with E-state index in [9.17, 15) is 10.1 Å². The second-order valence-electron chi connectivity index (χ2n) is 7.16. The number of rotatable bonds is 7. The second-order valence-corrected chi connectivity index (χ2v) is 8.54. The highest BCUT2D eigenvalue weighted by atomic mass is 35.5. The number of allylic oxidation sites excluding steroid dienone is 1. The lowest BCUT2D eigenvalue weighted by Gasteiger charge is -2.39. The predicted octanol–water partition coefficient (Wildman–Crippen LogP) is 4.56. The summed E-state index contributed by atoms with van der Waals surface area (Å²) in [6.07, 6.45) is 6.34. The molecule has 0 spiro atoms. The fourth-order valence-electron chi connectivity index (χ4n) is 3.62. The Morgan fingerprint density at radius 3 is 2.66 bits per heavy atom. The Bertz CT molecular complexity index is 912. The number of benzene rings is 1. The van der Waals surface area contributed by atoms with E-state index in [-0.39, 0.29) is 11.7 Å². The van der Waals surface area contributed by atoms with Crippen molar-refractivity contribution in [3.05, 3.63) is 41.9 Å². The van der Waals surface area contributed by atoms with Gasteiger partial charge in [0.05, 0.1) is 11.8 Å². The highest BCUT2D eigenvalue weighted by Gasteiger charge is 2.38. The van der Waals surface area contributed by atoms with Crippen LogP contribution in [0, 0.1) is 11.3 Å². The van der Waals surface area contributed by atoms with Gasteiger partial charge in [-0.2, -0.15) is 5.26 Å². The van der Waals surface area contributed by atoms with E-state index in [1.54, 1.807) is 30.2 Å². The molecule has 1 aromatic carbocycles. The van der Waals surface area contributed by atoms with Crippen LogP contribution in [0.5, 0.6) is 0 Å². The molecule has 1 amide bonds. The summed E-state index contributed by atoms with van der Waals surface area (Å²) in [5.41, 5.74) is 0.212. The number of hydrogen-bond donors (Lipinski definition) is 0. The normalized spacial score (nSPS) is 15.5. The van der Waals surface area contributed by atoms with Gasteiger partial charge < -0.3 is 4.90 Å². The number of nitrogens with zero attached hydrogens (tertiary/aromatic N) is 5. The van der Waals surface area contributed by atoms with E-state index in [1.165, 1.54) is 11.8 Å². The first-order valence-electron chi connectivity index (χ1n) is 9.61. The largest absolute Gasteiger partial charge is 0.326 e. The summed E-state index contributed by atoms with van der Waals surface area (Å²) < 4.78 is 1.93. The average molecular weight is 430 g/mol. The Morgan fingerprint density at radius 2 is 2.03 bits per heavy atom. The Balaban J connectivity index is 1.74. The zero-order chi connectivity index (χ0) is 20.9.